The molecule has 0 spiro atoms. The number of piperazine rings is 1. The molecule has 154 valence electrons. The van der Waals surface area contributed by atoms with E-state index in [4.69, 9.17) is 4.74 Å². The van der Waals surface area contributed by atoms with Crippen molar-refractivity contribution >= 4 is 11.9 Å². The molecule has 1 aromatic carbocycles. The number of hydrogen-bond donors (Lipinski definition) is 1. The van der Waals surface area contributed by atoms with E-state index in [0.717, 1.165) is 31.7 Å². The molecular weight excluding hydrogens is 363 g/mol. The Morgan fingerprint density at radius 2 is 2.04 bits per heavy atom. The molecule has 28 heavy (non-hydrogen) atoms. The maximum absolute atomic E-state index is 13.8. The van der Waals surface area contributed by atoms with Crippen LogP contribution < -0.4 is 10.1 Å². The van der Waals surface area contributed by atoms with Crippen LogP contribution in [0.5, 0.6) is 5.75 Å². The molecule has 0 saturated carbocycles. The Hall–Kier alpha value is -2.35. The topological polar surface area (TPSA) is 65.1 Å². The van der Waals surface area contributed by atoms with Crippen LogP contribution in [0, 0.1) is 11.7 Å². The van der Waals surface area contributed by atoms with E-state index in [-0.39, 0.29) is 29.4 Å². The first-order chi connectivity index (χ1) is 13.5. The molecule has 2 aliphatic heterocycles. The van der Waals surface area contributed by atoms with Gasteiger partial charge in [0.1, 0.15) is 0 Å². The SMILES string of the molecule is CCN1CC(CNC(=O)N2CCN(Cc3ccc(OC)c(F)c3)CC2)CC1=O. The fourth-order valence-corrected chi connectivity index (χ4v) is 3.82. The highest BCUT2D eigenvalue weighted by molar-refractivity contribution is 5.79. The molecule has 2 fully saturated rings. The largest absolute Gasteiger partial charge is 0.494 e. The highest BCUT2D eigenvalue weighted by Crippen LogP contribution is 2.19. The fraction of sp³-hybridized carbons (Fsp3) is 0.600. The van der Waals surface area contributed by atoms with E-state index in [1.54, 1.807) is 11.0 Å². The lowest BCUT2D eigenvalue weighted by Crippen LogP contribution is -2.52. The molecule has 0 radical (unpaired) electrons. The van der Waals surface area contributed by atoms with E-state index in [1.165, 1.54) is 13.2 Å². The average molecular weight is 392 g/mol. The lowest BCUT2D eigenvalue weighted by molar-refractivity contribution is -0.127. The summed E-state index contributed by atoms with van der Waals surface area (Å²) in [4.78, 5) is 30.0. The first-order valence-electron chi connectivity index (χ1n) is 9.85. The zero-order valence-electron chi connectivity index (χ0n) is 16.6. The van der Waals surface area contributed by atoms with Crippen molar-refractivity contribution in [2.24, 2.45) is 5.92 Å². The molecule has 1 unspecified atom stereocenters. The van der Waals surface area contributed by atoms with Gasteiger partial charge < -0.3 is 19.9 Å². The second-order valence-corrected chi connectivity index (χ2v) is 7.42. The number of carbonyl (C=O) groups is 2. The second-order valence-electron chi connectivity index (χ2n) is 7.42. The van der Waals surface area contributed by atoms with Crippen molar-refractivity contribution in [2.75, 3.05) is 52.9 Å². The molecule has 8 heteroatoms. The van der Waals surface area contributed by atoms with Crippen LogP contribution in [-0.4, -0.2) is 79.6 Å². The van der Waals surface area contributed by atoms with Crippen molar-refractivity contribution < 1.29 is 18.7 Å². The third kappa shape index (κ3) is 4.92. The van der Waals surface area contributed by atoms with Crippen LogP contribution in [0.4, 0.5) is 9.18 Å². The Bertz CT molecular complexity index is 707. The molecule has 2 heterocycles. The van der Waals surface area contributed by atoms with Gasteiger partial charge in [-0.15, -0.1) is 0 Å². The van der Waals surface area contributed by atoms with Crippen molar-refractivity contribution in [1.29, 1.82) is 0 Å². The number of nitrogens with one attached hydrogen (secondary N) is 1. The zero-order chi connectivity index (χ0) is 20.1. The monoisotopic (exact) mass is 392 g/mol. The lowest BCUT2D eigenvalue weighted by atomic mass is 10.1. The molecule has 2 aliphatic rings. The molecule has 7 nitrogen and oxygen atoms in total. The number of hydrogen-bond acceptors (Lipinski definition) is 4. The van der Waals surface area contributed by atoms with Crippen molar-refractivity contribution in [3.63, 3.8) is 0 Å². The number of urea groups is 1. The average Bonchev–Trinajstić information content (AvgIpc) is 3.06. The van der Waals surface area contributed by atoms with Crippen molar-refractivity contribution in [1.82, 2.24) is 20.0 Å². The zero-order valence-corrected chi connectivity index (χ0v) is 16.6. The Balaban J connectivity index is 1.40. The number of benzene rings is 1. The summed E-state index contributed by atoms with van der Waals surface area (Å²) in [6.07, 6.45) is 0.514. The molecule has 2 saturated heterocycles. The molecule has 1 N–H and O–H groups in total. The molecule has 1 atom stereocenters. The van der Waals surface area contributed by atoms with Crippen LogP contribution in [0.1, 0.15) is 18.9 Å². The van der Waals surface area contributed by atoms with E-state index in [9.17, 15) is 14.0 Å². The smallest absolute Gasteiger partial charge is 0.317 e. The van der Waals surface area contributed by atoms with Gasteiger partial charge in [-0.05, 0) is 24.6 Å². The number of halogens is 1. The van der Waals surface area contributed by atoms with Crippen LogP contribution in [-0.2, 0) is 11.3 Å². The fourth-order valence-electron chi connectivity index (χ4n) is 3.82. The predicted octanol–water partition coefficient (Wildman–Crippen LogP) is 1.53. The number of carbonyl (C=O) groups excluding carboxylic acids is 2. The van der Waals surface area contributed by atoms with E-state index in [1.807, 2.05) is 17.9 Å². The van der Waals surface area contributed by atoms with Gasteiger partial charge in [-0.3, -0.25) is 9.69 Å². The Morgan fingerprint density at radius 1 is 1.29 bits per heavy atom. The summed E-state index contributed by atoms with van der Waals surface area (Å²) in [6.45, 7) is 7.35. The van der Waals surface area contributed by atoms with Crippen molar-refractivity contribution in [3.05, 3.63) is 29.6 Å². The maximum atomic E-state index is 13.8. The molecule has 0 aromatic heterocycles. The van der Waals surface area contributed by atoms with E-state index in [0.29, 0.717) is 32.6 Å². The maximum Gasteiger partial charge on any atom is 0.317 e. The van der Waals surface area contributed by atoms with Gasteiger partial charge in [0.2, 0.25) is 5.91 Å². The highest BCUT2D eigenvalue weighted by atomic mass is 19.1. The molecule has 0 aliphatic carbocycles. The van der Waals surface area contributed by atoms with Gasteiger partial charge in [0, 0.05) is 64.7 Å². The third-order valence-corrected chi connectivity index (χ3v) is 5.50. The summed E-state index contributed by atoms with van der Waals surface area (Å²) in [6, 6.07) is 4.93. The predicted molar refractivity (Wildman–Crippen MR) is 104 cm³/mol. The van der Waals surface area contributed by atoms with Crippen molar-refractivity contribution in [3.8, 4) is 5.75 Å². The van der Waals surface area contributed by atoms with E-state index < -0.39 is 0 Å². The number of methoxy groups -OCH3 is 1. The number of rotatable bonds is 6. The number of likely N-dealkylation sites (tertiary alicyclic amines) is 1. The van der Waals surface area contributed by atoms with Crippen LogP contribution in [0.15, 0.2) is 18.2 Å². The molecule has 1 aromatic rings. The Labute approximate surface area is 165 Å². The number of ether oxygens (including phenoxy) is 1. The minimum absolute atomic E-state index is 0.0717. The molecule has 3 rings (SSSR count). The minimum Gasteiger partial charge on any atom is -0.494 e. The molecular formula is C20H29FN4O3. The van der Waals surface area contributed by atoms with Gasteiger partial charge in [0.25, 0.3) is 0 Å². The second kappa shape index (κ2) is 9.23. The van der Waals surface area contributed by atoms with Gasteiger partial charge >= 0.3 is 6.03 Å². The van der Waals surface area contributed by atoms with Crippen LogP contribution in [0.3, 0.4) is 0 Å². The van der Waals surface area contributed by atoms with E-state index >= 15 is 0 Å². The lowest BCUT2D eigenvalue weighted by Gasteiger charge is -2.35. The number of nitrogens with zero attached hydrogens (tertiary/aromatic N) is 3. The van der Waals surface area contributed by atoms with Crippen LogP contribution in [0.25, 0.3) is 0 Å². The summed E-state index contributed by atoms with van der Waals surface area (Å²) < 4.78 is 18.8. The summed E-state index contributed by atoms with van der Waals surface area (Å²) in [5, 5.41) is 2.97. The summed E-state index contributed by atoms with van der Waals surface area (Å²) in [7, 11) is 1.45. The molecule has 0 bridgehead atoms. The van der Waals surface area contributed by atoms with Crippen molar-refractivity contribution in [2.45, 2.75) is 19.9 Å². The Morgan fingerprint density at radius 3 is 2.64 bits per heavy atom. The van der Waals surface area contributed by atoms with Gasteiger partial charge in [-0.1, -0.05) is 6.07 Å². The third-order valence-electron chi connectivity index (χ3n) is 5.50. The van der Waals surface area contributed by atoms with Gasteiger partial charge in [-0.2, -0.15) is 0 Å². The first kappa shape index (κ1) is 20.4. The normalized spacial score (nSPS) is 20.5. The first-order valence-corrected chi connectivity index (χ1v) is 9.85. The minimum atomic E-state index is -0.356. The molecule has 3 amide bonds. The highest BCUT2D eigenvalue weighted by Gasteiger charge is 2.29. The summed E-state index contributed by atoms with van der Waals surface area (Å²) in [5.74, 6) is 0.259. The Kier molecular flexibility index (Phi) is 6.72. The standard InChI is InChI=1S/C20H29FN4O3/c1-3-24-14-16(11-19(24)26)12-22-20(27)25-8-6-23(7-9-25)13-15-4-5-18(28-2)17(21)10-15/h4-5,10,16H,3,6-9,11-14H2,1-2H3,(H,22,27). The van der Waals surface area contributed by atoms with Gasteiger partial charge in [-0.25, -0.2) is 9.18 Å². The quantitative estimate of drug-likeness (QED) is 0.798. The van der Waals surface area contributed by atoms with Gasteiger partial charge in [0.05, 0.1) is 7.11 Å². The number of amides is 3. The van der Waals surface area contributed by atoms with Crippen LogP contribution >= 0.6 is 0 Å². The summed E-state index contributed by atoms with van der Waals surface area (Å²) >= 11 is 0. The van der Waals surface area contributed by atoms with E-state index in [2.05, 4.69) is 10.2 Å². The van der Waals surface area contributed by atoms with Gasteiger partial charge in [0.15, 0.2) is 11.6 Å². The summed E-state index contributed by atoms with van der Waals surface area (Å²) in [5.41, 5.74) is 0.891. The van der Waals surface area contributed by atoms with Crippen LogP contribution in [0.2, 0.25) is 0 Å².